The van der Waals surface area contributed by atoms with Crippen molar-refractivity contribution in [3.8, 4) is 5.75 Å². The molecule has 0 heterocycles. The van der Waals surface area contributed by atoms with Gasteiger partial charge in [0.1, 0.15) is 5.75 Å². The van der Waals surface area contributed by atoms with Gasteiger partial charge in [-0.1, -0.05) is 19.1 Å². The minimum atomic E-state index is -0.487. The number of aromatic hydroxyl groups is 1. The number of hydrazone groups is 1. The van der Waals surface area contributed by atoms with Crippen molar-refractivity contribution in [2.45, 2.75) is 19.8 Å². The molecule has 2 N–H and O–H groups in total. The van der Waals surface area contributed by atoms with Crippen LogP contribution in [0.15, 0.2) is 53.6 Å². The van der Waals surface area contributed by atoms with Crippen LogP contribution in [0.4, 0.5) is 5.69 Å². The average Bonchev–Trinajstić information content (AvgIpc) is 2.57. The molecule has 0 aliphatic carbocycles. The van der Waals surface area contributed by atoms with E-state index in [4.69, 9.17) is 0 Å². The summed E-state index contributed by atoms with van der Waals surface area (Å²) in [6.07, 6.45) is 0.691. The Morgan fingerprint density at radius 2 is 1.79 bits per heavy atom. The van der Waals surface area contributed by atoms with E-state index in [2.05, 4.69) is 10.5 Å². The minimum absolute atomic E-state index is 0.0159. The molecule has 0 saturated heterocycles. The Hall–Kier alpha value is -3.22. The molecule has 2 aromatic rings. The molecule has 124 valence electrons. The van der Waals surface area contributed by atoms with Crippen molar-refractivity contribution in [2.24, 2.45) is 5.10 Å². The third-order valence-electron chi connectivity index (χ3n) is 3.36. The van der Waals surface area contributed by atoms with Gasteiger partial charge in [-0.05, 0) is 41.8 Å². The Labute approximate surface area is 138 Å². The zero-order chi connectivity index (χ0) is 17.5. The van der Waals surface area contributed by atoms with E-state index in [1.54, 1.807) is 36.4 Å². The van der Waals surface area contributed by atoms with Crippen LogP contribution >= 0.6 is 0 Å². The first-order chi connectivity index (χ1) is 11.5. The Morgan fingerprint density at radius 1 is 1.17 bits per heavy atom. The number of non-ortho nitro benzene ring substituents is 1. The van der Waals surface area contributed by atoms with E-state index in [9.17, 15) is 20.0 Å². The number of nitro groups is 1. The number of phenols is 1. The van der Waals surface area contributed by atoms with E-state index in [1.807, 2.05) is 6.92 Å². The van der Waals surface area contributed by atoms with Gasteiger partial charge in [0, 0.05) is 12.1 Å². The Bertz CT molecular complexity index is 752. The third kappa shape index (κ3) is 4.64. The second-order valence-corrected chi connectivity index (χ2v) is 5.09. The summed E-state index contributed by atoms with van der Waals surface area (Å²) < 4.78 is 0. The van der Waals surface area contributed by atoms with Gasteiger partial charge in [-0.2, -0.15) is 5.10 Å². The van der Waals surface area contributed by atoms with Gasteiger partial charge in [-0.15, -0.1) is 0 Å². The normalized spacial score (nSPS) is 11.1. The summed E-state index contributed by atoms with van der Waals surface area (Å²) in [5.41, 5.74) is 4.63. The fourth-order valence-corrected chi connectivity index (χ4v) is 2.09. The number of phenolic OH excluding ortho intramolecular Hbond substituents is 1. The fraction of sp³-hybridized carbons (Fsp3) is 0.176. The van der Waals surface area contributed by atoms with E-state index < -0.39 is 4.92 Å². The molecule has 7 heteroatoms. The van der Waals surface area contributed by atoms with Crippen molar-refractivity contribution in [1.29, 1.82) is 0 Å². The number of nitrogens with one attached hydrogen (secondary N) is 1. The first-order valence-corrected chi connectivity index (χ1v) is 7.37. The van der Waals surface area contributed by atoms with Crippen LogP contribution < -0.4 is 5.43 Å². The lowest BCUT2D eigenvalue weighted by Crippen LogP contribution is -2.21. The monoisotopic (exact) mass is 327 g/mol. The zero-order valence-electron chi connectivity index (χ0n) is 13.1. The lowest BCUT2D eigenvalue weighted by Gasteiger charge is -2.06. The topological polar surface area (TPSA) is 105 Å². The number of carbonyl (C=O) groups is 1. The first kappa shape index (κ1) is 17.1. The molecule has 7 nitrogen and oxygen atoms in total. The van der Waals surface area contributed by atoms with Gasteiger partial charge in [0.15, 0.2) is 0 Å². The molecule has 2 rings (SSSR count). The van der Waals surface area contributed by atoms with Gasteiger partial charge in [0.05, 0.1) is 17.1 Å². The fourth-order valence-electron chi connectivity index (χ4n) is 2.09. The number of benzene rings is 2. The maximum atomic E-state index is 11.9. The minimum Gasteiger partial charge on any atom is -0.508 e. The summed E-state index contributed by atoms with van der Waals surface area (Å²) in [4.78, 5) is 22.1. The van der Waals surface area contributed by atoms with Gasteiger partial charge in [-0.25, -0.2) is 5.43 Å². The Kier molecular flexibility index (Phi) is 5.62. The highest BCUT2D eigenvalue weighted by Crippen LogP contribution is 2.13. The number of hydrogen-bond donors (Lipinski definition) is 2. The van der Waals surface area contributed by atoms with Crippen LogP contribution in [0.3, 0.4) is 0 Å². The second-order valence-electron chi connectivity index (χ2n) is 5.09. The lowest BCUT2D eigenvalue weighted by molar-refractivity contribution is -0.384. The van der Waals surface area contributed by atoms with Gasteiger partial charge >= 0.3 is 0 Å². The molecule has 0 atom stereocenters. The van der Waals surface area contributed by atoms with Crippen LogP contribution in [0.5, 0.6) is 5.75 Å². The molecule has 0 aromatic heterocycles. The number of nitrogens with zero attached hydrogens (tertiary/aromatic N) is 2. The molecule has 0 bridgehead atoms. The molecule has 24 heavy (non-hydrogen) atoms. The molecule has 0 saturated carbocycles. The molecule has 0 radical (unpaired) electrons. The Balaban J connectivity index is 2.00. The van der Waals surface area contributed by atoms with Crippen LogP contribution in [0.2, 0.25) is 0 Å². The molecule has 2 aromatic carbocycles. The standard InChI is InChI=1S/C17H17N3O4/c1-2-16(13-5-9-15(21)10-6-13)18-19-17(22)11-12-3-7-14(8-4-12)20(23)24/h3-10,21H,2,11H2,1H3,(H,19,22)/b18-16+. The van der Waals surface area contributed by atoms with Crippen molar-refractivity contribution in [1.82, 2.24) is 5.43 Å². The van der Waals surface area contributed by atoms with E-state index >= 15 is 0 Å². The summed E-state index contributed by atoms with van der Waals surface area (Å²) in [5.74, 6) is -0.148. The number of carbonyl (C=O) groups excluding carboxylic acids is 1. The van der Waals surface area contributed by atoms with Crippen LogP contribution in [0.25, 0.3) is 0 Å². The number of amides is 1. The van der Waals surface area contributed by atoms with Crippen molar-refractivity contribution < 1.29 is 14.8 Å². The van der Waals surface area contributed by atoms with E-state index in [1.165, 1.54) is 12.1 Å². The smallest absolute Gasteiger partial charge is 0.269 e. The van der Waals surface area contributed by atoms with Crippen LogP contribution in [0.1, 0.15) is 24.5 Å². The van der Waals surface area contributed by atoms with Crippen LogP contribution in [-0.4, -0.2) is 21.6 Å². The van der Waals surface area contributed by atoms with Crippen molar-refractivity contribution >= 4 is 17.3 Å². The maximum Gasteiger partial charge on any atom is 0.269 e. The molecule has 0 aliphatic rings. The molecule has 1 amide bonds. The number of nitro benzene ring substituents is 1. The van der Waals surface area contributed by atoms with Gasteiger partial charge < -0.3 is 5.11 Å². The highest BCUT2D eigenvalue weighted by Gasteiger charge is 2.08. The number of rotatable bonds is 6. The molecular formula is C17H17N3O4. The SMILES string of the molecule is CC/C(=N\NC(=O)Cc1ccc([N+](=O)[O-])cc1)c1ccc(O)cc1. The predicted molar refractivity (Wildman–Crippen MR) is 89.9 cm³/mol. The first-order valence-electron chi connectivity index (χ1n) is 7.37. The largest absolute Gasteiger partial charge is 0.508 e. The average molecular weight is 327 g/mol. The van der Waals surface area contributed by atoms with Gasteiger partial charge in [0.25, 0.3) is 5.69 Å². The molecule has 0 fully saturated rings. The molecule has 0 aliphatic heterocycles. The van der Waals surface area contributed by atoms with Crippen LogP contribution in [-0.2, 0) is 11.2 Å². The zero-order valence-corrected chi connectivity index (χ0v) is 13.1. The summed E-state index contributed by atoms with van der Waals surface area (Å²) >= 11 is 0. The molecule has 0 unspecified atom stereocenters. The summed E-state index contributed by atoms with van der Waals surface area (Å²) in [6, 6.07) is 12.4. The second kappa shape index (κ2) is 7.87. The van der Waals surface area contributed by atoms with Gasteiger partial charge in [-0.3, -0.25) is 14.9 Å². The quantitative estimate of drug-likeness (QED) is 0.483. The van der Waals surface area contributed by atoms with E-state index in [0.717, 1.165) is 5.56 Å². The summed E-state index contributed by atoms with van der Waals surface area (Å²) in [7, 11) is 0. The van der Waals surface area contributed by atoms with Crippen molar-refractivity contribution in [3.05, 3.63) is 69.8 Å². The summed E-state index contributed by atoms with van der Waals surface area (Å²) in [6.45, 7) is 1.91. The highest BCUT2D eigenvalue weighted by atomic mass is 16.6. The number of hydrogen-bond acceptors (Lipinski definition) is 5. The molecular weight excluding hydrogens is 310 g/mol. The maximum absolute atomic E-state index is 11.9. The summed E-state index contributed by atoms with van der Waals surface area (Å²) in [5, 5.41) is 24.0. The molecule has 0 spiro atoms. The predicted octanol–water partition coefficient (Wildman–Crippen LogP) is 2.77. The van der Waals surface area contributed by atoms with E-state index in [0.29, 0.717) is 17.7 Å². The van der Waals surface area contributed by atoms with Gasteiger partial charge in [0.2, 0.25) is 5.91 Å². The highest BCUT2D eigenvalue weighted by molar-refractivity contribution is 6.01. The van der Waals surface area contributed by atoms with Crippen LogP contribution in [0, 0.1) is 10.1 Å². The van der Waals surface area contributed by atoms with E-state index in [-0.39, 0.29) is 23.8 Å². The van der Waals surface area contributed by atoms with Crippen molar-refractivity contribution in [3.63, 3.8) is 0 Å². The lowest BCUT2D eigenvalue weighted by atomic mass is 10.1. The third-order valence-corrected chi connectivity index (χ3v) is 3.36. The Morgan fingerprint density at radius 3 is 2.33 bits per heavy atom. The van der Waals surface area contributed by atoms with Crippen molar-refractivity contribution in [2.75, 3.05) is 0 Å².